The second kappa shape index (κ2) is 28.7. The van der Waals surface area contributed by atoms with Crippen LogP contribution in [0.4, 0.5) is 4.79 Å². The molecule has 1 aliphatic carbocycles. The first kappa shape index (κ1) is 51.7. The average molecular weight is 907 g/mol. The molecule has 65 heavy (non-hydrogen) atoms. The molecule has 0 bridgehead atoms. The summed E-state index contributed by atoms with van der Waals surface area (Å²) in [5.41, 5.74) is 1.77. The van der Waals surface area contributed by atoms with E-state index in [2.05, 4.69) is 38.5 Å². The molecule has 1 saturated carbocycles. The van der Waals surface area contributed by atoms with Crippen LogP contribution in [0.15, 0.2) is 77.6 Å². The molecular formula is C47H66N6O12. The van der Waals surface area contributed by atoms with E-state index in [-0.39, 0.29) is 49.4 Å². The second-order valence-electron chi connectivity index (χ2n) is 16.2. The van der Waals surface area contributed by atoms with Crippen molar-refractivity contribution in [3.8, 4) is 0 Å². The van der Waals surface area contributed by atoms with Crippen molar-refractivity contribution < 1.29 is 57.6 Å². The number of hydrogen-bond donors (Lipinski definition) is 8. The Bertz CT molecular complexity index is 1970. The van der Waals surface area contributed by atoms with E-state index in [4.69, 9.17) is 18.6 Å². The van der Waals surface area contributed by atoms with Crippen LogP contribution in [0.2, 0.25) is 0 Å². The van der Waals surface area contributed by atoms with Crippen molar-refractivity contribution in [2.75, 3.05) is 59.3 Å². The third-order valence-corrected chi connectivity index (χ3v) is 11.1. The number of carboxylic acid groups (broad SMARTS) is 2. The van der Waals surface area contributed by atoms with Gasteiger partial charge in [-0.3, -0.25) is 14.4 Å². The van der Waals surface area contributed by atoms with Gasteiger partial charge in [0.1, 0.15) is 23.9 Å². The van der Waals surface area contributed by atoms with Crippen LogP contribution < -0.4 is 31.9 Å². The normalized spacial score (nSPS) is 16.1. The van der Waals surface area contributed by atoms with Gasteiger partial charge in [-0.25, -0.2) is 14.4 Å². The molecule has 5 amide bonds. The smallest absolute Gasteiger partial charge is 0.326 e. The fourth-order valence-electron chi connectivity index (χ4n) is 7.40. The van der Waals surface area contributed by atoms with E-state index in [9.17, 15) is 39.0 Å². The topological polar surface area (TPSA) is 256 Å². The molecule has 3 atom stereocenters. The van der Waals surface area contributed by atoms with Crippen LogP contribution in [-0.4, -0.2) is 123 Å². The molecule has 0 spiro atoms. The number of urea groups is 1. The number of hydrogen-bond acceptors (Lipinski definition) is 11. The molecule has 4 rings (SSSR count). The van der Waals surface area contributed by atoms with Crippen molar-refractivity contribution >= 4 is 46.5 Å². The molecule has 0 unspecified atom stereocenters. The van der Waals surface area contributed by atoms with Crippen LogP contribution >= 0.6 is 0 Å². The Morgan fingerprint density at radius 3 is 2.06 bits per heavy atom. The first-order valence-corrected chi connectivity index (χ1v) is 22.4. The highest BCUT2D eigenvalue weighted by Crippen LogP contribution is 2.29. The first-order chi connectivity index (χ1) is 31.4. The minimum absolute atomic E-state index is 0.0327. The third-order valence-electron chi connectivity index (χ3n) is 11.1. The molecule has 18 heteroatoms. The van der Waals surface area contributed by atoms with Gasteiger partial charge in [-0.2, -0.15) is 0 Å². The van der Waals surface area contributed by atoms with E-state index in [1.165, 1.54) is 13.2 Å². The number of nitrogens with one attached hydrogen (secondary N) is 6. The zero-order valence-corrected chi connectivity index (χ0v) is 37.3. The second-order valence-corrected chi connectivity index (χ2v) is 16.2. The molecule has 0 aliphatic heterocycles. The fourth-order valence-corrected chi connectivity index (χ4v) is 7.40. The Kier molecular flexibility index (Phi) is 22.8. The summed E-state index contributed by atoms with van der Waals surface area (Å²) >= 11 is 0. The lowest BCUT2D eigenvalue weighted by molar-refractivity contribution is -0.139. The van der Waals surface area contributed by atoms with E-state index >= 15 is 0 Å². The lowest BCUT2D eigenvalue weighted by Crippen LogP contribution is -2.51. The Balaban J connectivity index is 1.17. The lowest BCUT2D eigenvalue weighted by atomic mass is 9.81. The molecule has 1 aliphatic rings. The number of furan rings is 1. The average Bonchev–Trinajstić information content (AvgIpc) is 3.80. The van der Waals surface area contributed by atoms with Crippen molar-refractivity contribution in [2.24, 2.45) is 11.8 Å². The third kappa shape index (κ3) is 20.2. The largest absolute Gasteiger partial charge is 0.480 e. The van der Waals surface area contributed by atoms with E-state index < -0.39 is 36.1 Å². The van der Waals surface area contributed by atoms with Gasteiger partial charge in [0.05, 0.1) is 45.9 Å². The van der Waals surface area contributed by atoms with Gasteiger partial charge in [-0.1, -0.05) is 49.0 Å². The number of fused-ring (bicyclic) bond motifs is 1. The van der Waals surface area contributed by atoms with Crippen LogP contribution in [-0.2, 0) is 51.0 Å². The summed E-state index contributed by atoms with van der Waals surface area (Å²) in [5, 5.41) is 38.0. The number of benzene rings is 2. The van der Waals surface area contributed by atoms with E-state index in [1.54, 1.807) is 12.1 Å². The summed E-state index contributed by atoms with van der Waals surface area (Å²) in [6.45, 7) is 9.77. The minimum atomic E-state index is -1.33. The number of amides is 5. The van der Waals surface area contributed by atoms with Crippen LogP contribution in [0.5, 0.6) is 0 Å². The zero-order valence-electron chi connectivity index (χ0n) is 37.3. The maximum absolute atomic E-state index is 13.7. The summed E-state index contributed by atoms with van der Waals surface area (Å²) in [6, 6.07) is 12.6. The van der Waals surface area contributed by atoms with Crippen molar-refractivity contribution in [1.82, 2.24) is 31.9 Å². The number of unbranched alkanes of at least 4 members (excludes halogenated alkanes) is 1. The molecule has 18 nitrogen and oxygen atoms in total. The quantitative estimate of drug-likeness (QED) is 0.0430. The maximum atomic E-state index is 13.7. The van der Waals surface area contributed by atoms with Gasteiger partial charge in [0.2, 0.25) is 17.7 Å². The van der Waals surface area contributed by atoms with E-state index in [1.807, 2.05) is 42.5 Å². The number of carbonyl (C=O) groups is 6. The summed E-state index contributed by atoms with van der Waals surface area (Å²) in [7, 11) is 0. The van der Waals surface area contributed by atoms with Crippen molar-refractivity contribution in [1.29, 1.82) is 0 Å². The number of ether oxygens (including phenoxy) is 3. The molecule has 1 heterocycles. The Morgan fingerprint density at radius 1 is 0.708 bits per heavy atom. The monoisotopic (exact) mass is 906 g/mol. The highest BCUT2D eigenvalue weighted by atomic mass is 16.5. The number of carbonyl (C=O) groups excluding carboxylic acids is 4. The predicted molar refractivity (Wildman–Crippen MR) is 242 cm³/mol. The first-order valence-electron chi connectivity index (χ1n) is 22.4. The van der Waals surface area contributed by atoms with Crippen LogP contribution in [0.3, 0.4) is 0 Å². The molecule has 1 fully saturated rings. The van der Waals surface area contributed by atoms with Gasteiger partial charge >= 0.3 is 18.0 Å². The predicted octanol–water partition coefficient (Wildman–Crippen LogP) is 3.68. The van der Waals surface area contributed by atoms with E-state index in [0.29, 0.717) is 90.0 Å². The van der Waals surface area contributed by atoms with Gasteiger partial charge in [-0.05, 0) is 79.3 Å². The van der Waals surface area contributed by atoms with Gasteiger partial charge in [0.25, 0.3) is 0 Å². The number of aliphatic carboxylic acids is 2. The van der Waals surface area contributed by atoms with Crippen LogP contribution in [0.1, 0.15) is 69.6 Å². The standard InChI is InChI=1S/C47H66N6O12/c1-32(18-22-62-24-26-64-27-25-63-23-20-48-33(2)54)50-31-34-12-16-37(17-13-34)43(55)51-41(29-35-14-15-36-8-3-4-9-38(36)28-35)44(56)49-19-6-5-11-40(45(57)58)52-47(61)53-42(46(59)60)30-39-10-7-21-65-39/h3-4,7-10,14-15,21,28,34,37,40-42,50H,1,5-6,11-13,16-20,22-27,29-31H2,2H3,(H,48,54)(H,49,56)(H,51,55)(H,57,58)(H,59,60)(H2,52,53,61)/t34?,37?,40-,41-,42-/m0/s1. The molecule has 1 aromatic heterocycles. The summed E-state index contributed by atoms with van der Waals surface area (Å²) < 4.78 is 21.7. The van der Waals surface area contributed by atoms with Gasteiger partial charge in [0.15, 0.2) is 0 Å². The van der Waals surface area contributed by atoms with Gasteiger partial charge < -0.3 is 60.7 Å². The number of carboxylic acids is 2. The summed E-state index contributed by atoms with van der Waals surface area (Å²) in [4.78, 5) is 74.4. The highest BCUT2D eigenvalue weighted by molar-refractivity contribution is 5.89. The molecular weight excluding hydrogens is 841 g/mol. The lowest BCUT2D eigenvalue weighted by Gasteiger charge is -2.29. The number of rotatable bonds is 31. The van der Waals surface area contributed by atoms with Gasteiger partial charge in [0, 0.05) is 57.4 Å². The summed E-state index contributed by atoms with van der Waals surface area (Å²) in [6.07, 6.45) is 6.02. The SMILES string of the molecule is C=C(CCOCCOCCOCCNC(C)=O)NCC1CCC(C(=O)N[C@@H](Cc2ccc3ccccc3c2)C(=O)NCCCC[C@H](NC(=O)N[C@@H](Cc2ccco2)C(=O)O)C(=O)O)CC1. The van der Waals surface area contributed by atoms with Crippen LogP contribution in [0.25, 0.3) is 10.8 Å². The molecule has 2 aromatic carbocycles. The van der Waals surface area contributed by atoms with Crippen molar-refractivity contribution in [3.05, 3.63) is 84.5 Å². The molecule has 8 N–H and O–H groups in total. The zero-order chi connectivity index (χ0) is 46.8. The Morgan fingerprint density at radius 2 is 1.38 bits per heavy atom. The van der Waals surface area contributed by atoms with Crippen molar-refractivity contribution in [2.45, 2.75) is 89.3 Å². The molecule has 0 radical (unpaired) electrons. The molecule has 0 saturated heterocycles. The Labute approximate surface area is 380 Å². The Hall–Kier alpha value is -5.98. The van der Waals surface area contributed by atoms with E-state index in [0.717, 1.165) is 41.4 Å². The maximum Gasteiger partial charge on any atom is 0.326 e. The minimum Gasteiger partial charge on any atom is -0.480 e. The summed E-state index contributed by atoms with van der Waals surface area (Å²) in [5.74, 6) is -2.71. The fraction of sp³-hybridized carbons (Fsp3) is 0.532. The highest BCUT2D eigenvalue weighted by Gasteiger charge is 2.30. The van der Waals surface area contributed by atoms with Crippen LogP contribution in [0, 0.1) is 11.8 Å². The van der Waals surface area contributed by atoms with Gasteiger partial charge in [-0.15, -0.1) is 0 Å². The molecule has 356 valence electrons. The van der Waals surface area contributed by atoms with Crippen molar-refractivity contribution in [3.63, 3.8) is 0 Å². The molecule has 3 aromatic rings.